The van der Waals surface area contributed by atoms with Crippen LogP contribution in [0.3, 0.4) is 0 Å². The Kier molecular flexibility index (Phi) is 4.34. The van der Waals surface area contributed by atoms with E-state index in [4.69, 9.17) is 22.7 Å². The summed E-state index contributed by atoms with van der Waals surface area (Å²) in [4.78, 5) is 4.58. The van der Waals surface area contributed by atoms with E-state index in [-0.39, 0.29) is 0 Å². The monoisotopic (exact) mass is 337 g/mol. The Morgan fingerprint density at radius 3 is 2.74 bits per heavy atom. The van der Waals surface area contributed by atoms with Crippen LogP contribution < -0.4 is 15.8 Å². The number of rotatable bonds is 4. The zero-order chi connectivity index (χ0) is 13.8. The van der Waals surface area contributed by atoms with Crippen LogP contribution in [0.25, 0.3) is 0 Å². The van der Waals surface area contributed by atoms with Crippen molar-refractivity contribution in [2.45, 2.75) is 0 Å². The van der Waals surface area contributed by atoms with Gasteiger partial charge in [-0.25, -0.2) is 4.98 Å². The molecular weight excluding hydrogens is 326 g/mol. The molecule has 0 aliphatic heterocycles. The van der Waals surface area contributed by atoms with E-state index in [1.54, 1.807) is 13.3 Å². The van der Waals surface area contributed by atoms with Crippen LogP contribution in [-0.2, 0) is 0 Å². The summed E-state index contributed by atoms with van der Waals surface area (Å²) in [5.41, 5.74) is 7.15. The first-order valence-corrected chi connectivity index (χ1v) is 6.66. The van der Waals surface area contributed by atoms with E-state index in [1.807, 2.05) is 30.3 Å². The SMILES string of the molecule is COc1cc(Nc2ccc(C(N)=S)cn2)ccc1Br. The summed E-state index contributed by atoms with van der Waals surface area (Å²) in [5, 5.41) is 3.18. The van der Waals surface area contributed by atoms with Crippen molar-refractivity contribution >= 4 is 44.6 Å². The van der Waals surface area contributed by atoms with E-state index in [0.717, 1.165) is 21.5 Å². The van der Waals surface area contributed by atoms with Gasteiger partial charge in [0.25, 0.3) is 0 Å². The molecule has 0 aliphatic carbocycles. The van der Waals surface area contributed by atoms with E-state index in [0.29, 0.717) is 10.8 Å². The first kappa shape index (κ1) is 13.8. The van der Waals surface area contributed by atoms with Crippen LogP contribution in [0.4, 0.5) is 11.5 Å². The van der Waals surface area contributed by atoms with Gasteiger partial charge in [-0.15, -0.1) is 0 Å². The Morgan fingerprint density at radius 2 is 2.16 bits per heavy atom. The number of halogens is 1. The Labute approximate surface area is 125 Å². The third-order valence-electron chi connectivity index (χ3n) is 2.47. The van der Waals surface area contributed by atoms with Gasteiger partial charge in [0.15, 0.2) is 0 Å². The highest BCUT2D eigenvalue weighted by molar-refractivity contribution is 9.10. The number of ether oxygens (including phenoxy) is 1. The highest BCUT2D eigenvalue weighted by Gasteiger charge is 2.03. The summed E-state index contributed by atoms with van der Waals surface area (Å²) in [6.07, 6.45) is 1.64. The molecule has 98 valence electrons. The molecule has 4 nitrogen and oxygen atoms in total. The minimum atomic E-state index is 0.337. The van der Waals surface area contributed by atoms with E-state index in [9.17, 15) is 0 Å². The van der Waals surface area contributed by atoms with Crippen molar-refractivity contribution in [3.8, 4) is 5.75 Å². The Balaban J connectivity index is 2.19. The molecule has 3 N–H and O–H groups in total. The van der Waals surface area contributed by atoms with Gasteiger partial charge in [0, 0.05) is 23.5 Å². The molecule has 0 amide bonds. The number of pyridine rings is 1. The van der Waals surface area contributed by atoms with Gasteiger partial charge in [0.05, 0.1) is 11.6 Å². The fourth-order valence-electron chi connectivity index (χ4n) is 1.50. The van der Waals surface area contributed by atoms with E-state index >= 15 is 0 Å². The van der Waals surface area contributed by atoms with Gasteiger partial charge in [0.2, 0.25) is 0 Å². The van der Waals surface area contributed by atoms with Crippen LogP contribution >= 0.6 is 28.1 Å². The van der Waals surface area contributed by atoms with E-state index in [1.165, 1.54) is 0 Å². The first-order valence-electron chi connectivity index (χ1n) is 5.46. The van der Waals surface area contributed by atoms with Crippen molar-refractivity contribution < 1.29 is 4.74 Å². The number of aromatic nitrogens is 1. The Hall–Kier alpha value is -1.66. The molecule has 1 heterocycles. The molecule has 0 saturated heterocycles. The number of hydrogen-bond acceptors (Lipinski definition) is 4. The average molecular weight is 338 g/mol. The molecule has 1 aromatic heterocycles. The third-order valence-corrected chi connectivity index (χ3v) is 3.36. The topological polar surface area (TPSA) is 60.2 Å². The molecule has 0 aliphatic rings. The standard InChI is InChI=1S/C13H12BrN3OS/c1-18-11-6-9(3-4-10(11)14)17-12-5-2-8(7-16-12)13(15)19/h2-7H,1H3,(H2,15,19)(H,16,17). The zero-order valence-corrected chi connectivity index (χ0v) is 12.6. The highest BCUT2D eigenvalue weighted by atomic mass is 79.9. The molecule has 1 aromatic carbocycles. The molecule has 0 saturated carbocycles. The summed E-state index contributed by atoms with van der Waals surface area (Å²) in [7, 11) is 1.62. The van der Waals surface area contributed by atoms with Gasteiger partial charge >= 0.3 is 0 Å². The van der Waals surface area contributed by atoms with Crippen LogP contribution in [0.15, 0.2) is 41.0 Å². The van der Waals surface area contributed by atoms with Gasteiger partial charge in [0.1, 0.15) is 16.6 Å². The molecule has 2 aromatic rings. The van der Waals surface area contributed by atoms with Crippen LogP contribution in [-0.4, -0.2) is 17.1 Å². The molecule has 2 rings (SSSR count). The van der Waals surface area contributed by atoms with Gasteiger partial charge in [-0.1, -0.05) is 12.2 Å². The molecule has 0 fully saturated rings. The zero-order valence-electron chi connectivity index (χ0n) is 10.2. The van der Waals surface area contributed by atoms with Crippen molar-refractivity contribution in [3.63, 3.8) is 0 Å². The number of nitrogens with two attached hydrogens (primary N) is 1. The van der Waals surface area contributed by atoms with Crippen molar-refractivity contribution in [3.05, 3.63) is 46.6 Å². The summed E-state index contributed by atoms with van der Waals surface area (Å²) < 4.78 is 6.13. The minimum Gasteiger partial charge on any atom is -0.495 e. The number of benzene rings is 1. The summed E-state index contributed by atoms with van der Waals surface area (Å²) in [5.74, 6) is 1.47. The van der Waals surface area contributed by atoms with Crippen LogP contribution in [0, 0.1) is 0 Å². The normalized spacial score (nSPS) is 10.0. The van der Waals surface area contributed by atoms with Crippen LogP contribution in [0.5, 0.6) is 5.75 Å². The maximum atomic E-state index is 5.52. The lowest BCUT2D eigenvalue weighted by Crippen LogP contribution is -2.09. The summed E-state index contributed by atoms with van der Waals surface area (Å²) in [6, 6.07) is 9.37. The lowest BCUT2D eigenvalue weighted by atomic mass is 10.2. The maximum absolute atomic E-state index is 5.52. The molecular formula is C13H12BrN3OS. The number of methoxy groups -OCH3 is 1. The number of nitrogens with one attached hydrogen (secondary N) is 1. The van der Waals surface area contributed by atoms with E-state index in [2.05, 4.69) is 26.2 Å². The molecule has 0 atom stereocenters. The highest BCUT2D eigenvalue weighted by Crippen LogP contribution is 2.28. The Bertz CT molecular complexity index is 601. The number of nitrogens with zero attached hydrogens (tertiary/aromatic N) is 1. The minimum absolute atomic E-state index is 0.337. The molecule has 19 heavy (non-hydrogen) atoms. The summed E-state index contributed by atoms with van der Waals surface area (Å²) in [6.45, 7) is 0. The molecule has 0 bridgehead atoms. The third kappa shape index (κ3) is 3.42. The van der Waals surface area contributed by atoms with Crippen LogP contribution in [0.2, 0.25) is 0 Å². The molecule has 0 unspecified atom stereocenters. The van der Waals surface area contributed by atoms with Gasteiger partial charge in [-0.3, -0.25) is 0 Å². The molecule has 6 heteroatoms. The second kappa shape index (κ2) is 5.99. The number of hydrogen-bond donors (Lipinski definition) is 2. The van der Waals surface area contributed by atoms with E-state index < -0.39 is 0 Å². The summed E-state index contributed by atoms with van der Waals surface area (Å²) >= 11 is 8.28. The van der Waals surface area contributed by atoms with Gasteiger partial charge in [-0.05, 0) is 40.2 Å². The first-order chi connectivity index (χ1) is 9.10. The van der Waals surface area contributed by atoms with Crippen LogP contribution in [0.1, 0.15) is 5.56 Å². The molecule has 0 radical (unpaired) electrons. The fourth-order valence-corrected chi connectivity index (χ4v) is 2.03. The second-order valence-electron chi connectivity index (χ2n) is 3.77. The second-order valence-corrected chi connectivity index (χ2v) is 5.06. The predicted octanol–water partition coefficient (Wildman–Crippen LogP) is 3.23. The van der Waals surface area contributed by atoms with Crippen molar-refractivity contribution in [2.24, 2.45) is 5.73 Å². The maximum Gasteiger partial charge on any atom is 0.135 e. The lowest BCUT2D eigenvalue weighted by molar-refractivity contribution is 0.412. The van der Waals surface area contributed by atoms with Crippen molar-refractivity contribution in [1.29, 1.82) is 0 Å². The average Bonchev–Trinajstić information content (AvgIpc) is 2.41. The smallest absolute Gasteiger partial charge is 0.135 e. The largest absolute Gasteiger partial charge is 0.495 e. The molecule has 0 spiro atoms. The lowest BCUT2D eigenvalue weighted by Gasteiger charge is -2.09. The van der Waals surface area contributed by atoms with Gasteiger partial charge < -0.3 is 15.8 Å². The quantitative estimate of drug-likeness (QED) is 0.838. The number of thiocarbonyl (C=S) groups is 1. The van der Waals surface area contributed by atoms with Crippen molar-refractivity contribution in [2.75, 3.05) is 12.4 Å². The fraction of sp³-hybridized carbons (Fsp3) is 0.0769. The number of anilines is 2. The van der Waals surface area contributed by atoms with Crippen molar-refractivity contribution in [1.82, 2.24) is 4.98 Å². The predicted molar refractivity (Wildman–Crippen MR) is 84.1 cm³/mol. The van der Waals surface area contributed by atoms with Gasteiger partial charge in [-0.2, -0.15) is 0 Å². The Morgan fingerprint density at radius 1 is 1.37 bits per heavy atom.